The van der Waals surface area contributed by atoms with Gasteiger partial charge in [-0.25, -0.2) is 4.39 Å². The summed E-state index contributed by atoms with van der Waals surface area (Å²) in [4.78, 5) is -0.517. The van der Waals surface area contributed by atoms with E-state index in [1.54, 1.807) is 13.0 Å². The van der Waals surface area contributed by atoms with Gasteiger partial charge in [-0.3, -0.25) is 11.1 Å². The quantitative estimate of drug-likeness (QED) is 0.302. The normalized spacial score (nSPS) is 11.2. The minimum atomic E-state index is -4.28. The highest BCUT2D eigenvalue weighted by atomic mass is 32.2. The fraction of sp³-hybridized carbons (Fsp3) is 0.235. The Morgan fingerprint density at radius 3 is 2.62 bits per heavy atom. The molecule has 0 radical (unpaired) electrons. The number of nitrogens with two attached hydrogens (primary N) is 2. The van der Waals surface area contributed by atoms with Crippen LogP contribution >= 0.6 is 11.8 Å². The third kappa shape index (κ3) is 5.92. The van der Waals surface area contributed by atoms with Crippen LogP contribution in [0.4, 0.5) is 4.39 Å². The fourth-order valence-corrected chi connectivity index (χ4v) is 3.59. The summed E-state index contributed by atoms with van der Waals surface area (Å²) in [5.74, 6) is 0.347. The Bertz CT molecular complexity index is 888. The van der Waals surface area contributed by atoms with Crippen molar-refractivity contribution in [2.24, 2.45) is 5.73 Å². The topological polar surface area (TPSA) is 104 Å². The molecular weight excluding hydrogens is 379 g/mol. The molecule has 0 heterocycles. The van der Waals surface area contributed by atoms with Crippen molar-refractivity contribution in [3.63, 3.8) is 0 Å². The van der Waals surface area contributed by atoms with Crippen molar-refractivity contribution in [1.29, 1.82) is 0 Å². The number of benzene rings is 2. The van der Waals surface area contributed by atoms with Gasteiger partial charge in [-0.05, 0) is 54.9 Å². The lowest BCUT2D eigenvalue weighted by atomic mass is 10.2. The number of hydrogen-bond acceptors (Lipinski definition) is 5. The van der Waals surface area contributed by atoms with E-state index in [-0.39, 0.29) is 5.75 Å². The van der Waals surface area contributed by atoms with Gasteiger partial charge in [0.2, 0.25) is 0 Å². The van der Waals surface area contributed by atoms with Crippen LogP contribution in [-0.2, 0) is 10.1 Å². The Kier molecular flexibility index (Phi) is 6.87. The molecule has 0 aliphatic carbocycles. The van der Waals surface area contributed by atoms with Crippen molar-refractivity contribution in [3.8, 4) is 11.5 Å². The number of rotatable bonds is 8. The summed E-state index contributed by atoms with van der Waals surface area (Å²) in [5.41, 5.74) is 6.10. The second-order valence-electron chi connectivity index (χ2n) is 5.40. The zero-order chi connectivity index (χ0) is 19.2. The molecule has 4 N–H and O–H groups in total. The summed E-state index contributed by atoms with van der Waals surface area (Å²) in [6.45, 7) is 2.18. The van der Waals surface area contributed by atoms with Gasteiger partial charge in [-0.2, -0.15) is 8.42 Å². The van der Waals surface area contributed by atoms with Crippen LogP contribution in [-0.4, -0.2) is 25.9 Å². The van der Waals surface area contributed by atoms with Crippen molar-refractivity contribution in [2.45, 2.75) is 18.2 Å². The number of amidine groups is 1. The summed E-state index contributed by atoms with van der Waals surface area (Å²) in [6.07, 6.45) is 0.709. The monoisotopic (exact) mass is 399 g/mol. The van der Waals surface area contributed by atoms with E-state index in [9.17, 15) is 12.8 Å². The maximum absolute atomic E-state index is 13.7. The van der Waals surface area contributed by atoms with Crippen LogP contribution < -0.4 is 20.1 Å². The Morgan fingerprint density at radius 2 is 1.92 bits per heavy atom. The molecule has 0 aliphatic heterocycles. The molecule has 0 fully saturated rings. The lowest BCUT2D eigenvalue weighted by Gasteiger charge is -2.11. The summed E-state index contributed by atoms with van der Waals surface area (Å²) >= 11 is 1.33. The standard InChI is InChI=1S/C17H19FN2O4S2/c1-12-9-13(23-7-4-8-25-17(19)20)11-14(10-12)24-26(21,22)16-6-3-2-5-15(16)18/h2-3,5-6,9-11H,4,7-8H2,1H3,(H3,19,20)/p+1. The Balaban J connectivity index is 2.07. The summed E-state index contributed by atoms with van der Waals surface area (Å²) < 4.78 is 49.0. The van der Waals surface area contributed by atoms with Crippen molar-refractivity contribution in [1.82, 2.24) is 0 Å². The van der Waals surface area contributed by atoms with E-state index in [1.807, 2.05) is 0 Å². The third-order valence-corrected chi connectivity index (χ3v) is 5.27. The smallest absolute Gasteiger partial charge is 0.342 e. The average Bonchev–Trinajstić information content (AvgIpc) is 2.53. The zero-order valence-electron chi connectivity index (χ0n) is 14.1. The average molecular weight is 399 g/mol. The van der Waals surface area contributed by atoms with Crippen LogP contribution in [0.25, 0.3) is 0 Å². The van der Waals surface area contributed by atoms with Gasteiger partial charge in [0.15, 0.2) is 0 Å². The highest BCUT2D eigenvalue weighted by Gasteiger charge is 2.21. The second kappa shape index (κ2) is 8.91. The maximum Gasteiger partial charge on any atom is 0.342 e. The van der Waals surface area contributed by atoms with Crippen LogP contribution in [0, 0.1) is 12.7 Å². The molecule has 0 saturated heterocycles. The number of ether oxygens (including phenoxy) is 1. The predicted molar refractivity (Wildman–Crippen MR) is 99.1 cm³/mol. The highest BCUT2D eigenvalue weighted by molar-refractivity contribution is 8.13. The molecule has 6 nitrogen and oxygen atoms in total. The van der Waals surface area contributed by atoms with E-state index in [2.05, 4.69) is 0 Å². The first-order chi connectivity index (χ1) is 12.3. The SMILES string of the molecule is Cc1cc(OCCCSC(N)=[NH2+])cc(OS(=O)(=O)c2ccccc2F)c1. The van der Waals surface area contributed by atoms with Crippen molar-refractivity contribution in [3.05, 3.63) is 53.8 Å². The Labute approximate surface area is 156 Å². The summed E-state index contributed by atoms with van der Waals surface area (Å²) in [7, 11) is -4.28. The summed E-state index contributed by atoms with van der Waals surface area (Å²) in [5, 5.41) is 5.66. The lowest BCUT2D eigenvalue weighted by Crippen LogP contribution is -2.43. The van der Waals surface area contributed by atoms with Gasteiger partial charge in [0.25, 0.3) is 5.17 Å². The molecule has 2 rings (SSSR count). The van der Waals surface area contributed by atoms with Gasteiger partial charge in [-0.1, -0.05) is 12.1 Å². The minimum Gasteiger partial charge on any atom is -0.493 e. The largest absolute Gasteiger partial charge is 0.493 e. The molecule has 0 amide bonds. The first kappa shape index (κ1) is 20.1. The van der Waals surface area contributed by atoms with Crippen LogP contribution in [0.1, 0.15) is 12.0 Å². The molecule has 0 aromatic heterocycles. The molecule has 0 spiro atoms. The molecule has 2 aromatic carbocycles. The number of thioether (sulfide) groups is 1. The Hall–Kier alpha value is -2.26. The van der Waals surface area contributed by atoms with Crippen LogP contribution in [0.3, 0.4) is 0 Å². The molecule has 0 saturated carbocycles. The van der Waals surface area contributed by atoms with E-state index in [0.717, 1.165) is 17.7 Å². The van der Waals surface area contributed by atoms with Crippen molar-refractivity contribution in [2.75, 3.05) is 12.4 Å². The molecule has 26 heavy (non-hydrogen) atoms. The molecule has 0 unspecified atom stereocenters. The third-order valence-electron chi connectivity index (χ3n) is 3.16. The van der Waals surface area contributed by atoms with E-state index in [4.69, 9.17) is 20.1 Å². The van der Waals surface area contributed by atoms with E-state index < -0.39 is 20.8 Å². The summed E-state index contributed by atoms with van der Waals surface area (Å²) in [6, 6.07) is 9.77. The highest BCUT2D eigenvalue weighted by Crippen LogP contribution is 2.26. The molecule has 9 heteroatoms. The van der Waals surface area contributed by atoms with Gasteiger partial charge in [0.1, 0.15) is 22.2 Å². The van der Waals surface area contributed by atoms with Crippen molar-refractivity contribution >= 4 is 27.0 Å². The van der Waals surface area contributed by atoms with Crippen LogP contribution in [0.2, 0.25) is 0 Å². The maximum atomic E-state index is 13.7. The van der Waals surface area contributed by atoms with Crippen LogP contribution in [0.5, 0.6) is 11.5 Å². The Morgan fingerprint density at radius 1 is 1.23 bits per heavy atom. The van der Waals surface area contributed by atoms with Crippen molar-refractivity contribution < 1.29 is 27.1 Å². The van der Waals surface area contributed by atoms with Gasteiger partial charge >= 0.3 is 10.1 Å². The van der Waals surface area contributed by atoms with Gasteiger partial charge in [-0.15, -0.1) is 0 Å². The molecule has 2 aromatic rings. The predicted octanol–water partition coefficient (Wildman–Crippen LogP) is 1.48. The molecule has 0 aliphatic rings. The fourth-order valence-electron chi connectivity index (χ4n) is 2.10. The van der Waals surface area contributed by atoms with E-state index in [0.29, 0.717) is 29.7 Å². The first-order valence-electron chi connectivity index (χ1n) is 7.72. The number of aryl methyl sites for hydroxylation is 1. The van der Waals surface area contributed by atoms with Gasteiger partial charge in [0, 0.05) is 11.8 Å². The zero-order valence-corrected chi connectivity index (χ0v) is 15.8. The van der Waals surface area contributed by atoms with Gasteiger partial charge in [0.05, 0.1) is 6.61 Å². The van der Waals surface area contributed by atoms with E-state index >= 15 is 0 Å². The minimum absolute atomic E-state index is 0.0529. The van der Waals surface area contributed by atoms with Crippen LogP contribution in [0.15, 0.2) is 47.4 Å². The first-order valence-corrected chi connectivity index (χ1v) is 10.1. The molecule has 0 bridgehead atoms. The molecule has 140 valence electrons. The lowest BCUT2D eigenvalue weighted by molar-refractivity contribution is -0.110. The number of hydrogen-bond donors (Lipinski definition) is 2. The number of halogens is 1. The molecule has 0 atom stereocenters. The van der Waals surface area contributed by atoms with E-state index in [1.165, 1.54) is 36.0 Å². The molecular formula is C17H20FN2O4S2+. The van der Waals surface area contributed by atoms with Gasteiger partial charge < -0.3 is 8.92 Å². The second-order valence-corrected chi connectivity index (χ2v) is 8.09.